The van der Waals surface area contributed by atoms with Crippen LogP contribution in [-0.4, -0.2) is 49.5 Å². The first-order valence-electron chi connectivity index (χ1n) is 11.0. The fourth-order valence-corrected chi connectivity index (χ4v) is 4.83. The molecule has 0 radical (unpaired) electrons. The van der Waals surface area contributed by atoms with Gasteiger partial charge in [-0.1, -0.05) is 6.92 Å². The molecule has 2 saturated heterocycles. The molecule has 7 nitrogen and oxygen atoms in total. The van der Waals surface area contributed by atoms with Gasteiger partial charge in [-0.2, -0.15) is 10.2 Å². The largest absolute Gasteiger partial charge is 0.491 e. The summed E-state index contributed by atoms with van der Waals surface area (Å²) in [5.74, 6) is 1.05. The Kier molecular flexibility index (Phi) is 5.15. The molecular weight excluding hydrogens is 409 g/mol. The van der Waals surface area contributed by atoms with Crippen LogP contribution in [0.15, 0.2) is 42.6 Å². The lowest BCUT2D eigenvalue weighted by Crippen LogP contribution is -2.64. The summed E-state index contributed by atoms with van der Waals surface area (Å²) in [5.41, 5.74) is 2.45. The summed E-state index contributed by atoms with van der Waals surface area (Å²) < 4.78 is 19.2. The first-order chi connectivity index (χ1) is 15.4. The number of fused-ring (bicyclic) bond motifs is 2. The topological polar surface area (TPSA) is 73.1 Å². The number of nitrogens with zero attached hydrogens (tertiary/aromatic N) is 5. The van der Waals surface area contributed by atoms with Crippen LogP contribution in [0.3, 0.4) is 0 Å². The number of amides is 1. The Balaban J connectivity index is 1.46. The molecule has 1 aromatic carbocycles. The van der Waals surface area contributed by atoms with Gasteiger partial charge in [0.1, 0.15) is 23.9 Å². The summed E-state index contributed by atoms with van der Waals surface area (Å²) in [4.78, 5) is 21.9. The van der Waals surface area contributed by atoms with Crippen molar-refractivity contribution in [3.63, 3.8) is 0 Å². The number of piperidine rings is 2. The van der Waals surface area contributed by atoms with Gasteiger partial charge in [-0.05, 0) is 74.9 Å². The third-order valence-corrected chi connectivity index (χ3v) is 6.76. The number of benzene rings is 1. The van der Waals surface area contributed by atoms with E-state index >= 15 is 0 Å². The molecule has 0 unspecified atom stereocenters. The summed E-state index contributed by atoms with van der Waals surface area (Å²) in [5, 5.41) is 8.67. The van der Waals surface area contributed by atoms with E-state index in [1.807, 2.05) is 30.9 Å². The van der Waals surface area contributed by atoms with Crippen molar-refractivity contribution in [2.45, 2.75) is 45.7 Å². The third kappa shape index (κ3) is 3.63. The summed E-state index contributed by atoms with van der Waals surface area (Å²) in [7, 11) is 0. The van der Waals surface area contributed by atoms with E-state index in [-0.39, 0.29) is 23.8 Å². The maximum atomic E-state index is 13.9. The van der Waals surface area contributed by atoms with Gasteiger partial charge >= 0.3 is 0 Å². The van der Waals surface area contributed by atoms with Gasteiger partial charge in [0.2, 0.25) is 0 Å². The van der Waals surface area contributed by atoms with Crippen molar-refractivity contribution in [2.24, 2.45) is 11.8 Å². The predicted molar refractivity (Wildman–Crippen MR) is 116 cm³/mol. The quantitative estimate of drug-likeness (QED) is 0.611. The van der Waals surface area contributed by atoms with Crippen LogP contribution in [0.4, 0.5) is 4.39 Å². The van der Waals surface area contributed by atoms with Gasteiger partial charge in [0.05, 0.1) is 17.9 Å². The van der Waals surface area contributed by atoms with Gasteiger partial charge in [-0.3, -0.25) is 4.79 Å². The number of aromatic nitrogens is 4. The van der Waals surface area contributed by atoms with E-state index < -0.39 is 0 Å². The van der Waals surface area contributed by atoms with Crippen LogP contribution in [-0.2, 0) is 0 Å². The monoisotopic (exact) mass is 435 g/mol. The molecular formula is C24H26FN5O2. The molecule has 0 spiro atoms. The van der Waals surface area contributed by atoms with Crippen molar-refractivity contribution in [3.05, 3.63) is 65.5 Å². The number of aryl methyl sites for hydroxylation is 2. The average molecular weight is 436 g/mol. The van der Waals surface area contributed by atoms with Crippen molar-refractivity contribution in [1.82, 2.24) is 24.9 Å². The van der Waals surface area contributed by atoms with Gasteiger partial charge in [0.25, 0.3) is 5.91 Å². The van der Waals surface area contributed by atoms with Crippen molar-refractivity contribution in [1.29, 1.82) is 0 Å². The van der Waals surface area contributed by atoms with E-state index in [0.717, 1.165) is 24.2 Å². The van der Waals surface area contributed by atoms with Crippen LogP contribution >= 0.6 is 0 Å². The standard InChI is InChI=1S/C24H26FN5O2/c1-14-4-9-21(30-26-12-15(2)28-30)23(27-14)24(31)29-19-10-17(11-19)16(3)22(29)13-32-20-7-5-18(25)6-8-20/h4-9,12,16-17,19,22H,10-11,13H2,1-3H3/t16-,17?,19?,22+/m0/s1. The molecule has 8 heteroatoms. The van der Waals surface area contributed by atoms with Crippen molar-refractivity contribution in [3.8, 4) is 11.4 Å². The van der Waals surface area contributed by atoms with Crippen LogP contribution in [0.5, 0.6) is 5.75 Å². The zero-order chi connectivity index (χ0) is 22.4. The minimum atomic E-state index is -0.304. The molecule has 32 heavy (non-hydrogen) atoms. The second-order valence-electron chi connectivity index (χ2n) is 8.88. The first-order valence-corrected chi connectivity index (χ1v) is 11.0. The van der Waals surface area contributed by atoms with Crippen LogP contribution in [0, 0.1) is 31.5 Å². The van der Waals surface area contributed by atoms with Crippen molar-refractivity contribution < 1.29 is 13.9 Å². The third-order valence-electron chi connectivity index (χ3n) is 6.76. The molecule has 3 aromatic rings. The molecule has 3 aliphatic rings. The number of pyridine rings is 1. The smallest absolute Gasteiger partial charge is 0.275 e. The van der Waals surface area contributed by atoms with E-state index in [0.29, 0.717) is 35.6 Å². The molecule has 4 heterocycles. The summed E-state index contributed by atoms with van der Waals surface area (Å²) in [6.45, 7) is 6.26. The van der Waals surface area contributed by atoms with Gasteiger partial charge in [-0.15, -0.1) is 4.80 Å². The van der Waals surface area contributed by atoms with Crippen molar-refractivity contribution >= 4 is 5.91 Å². The molecule has 1 saturated carbocycles. The molecule has 2 atom stereocenters. The fraction of sp³-hybridized carbons (Fsp3) is 0.417. The Morgan fingerprint density at radius 1 is 1.12 bits per heavy atom. The highest BCUT2D eigenvalue weighted by molar-refractivity contribution is 5.96. The van der Waals surface area contributed by atoms with E-state index in [9.17, 15) is 9.18 Å². The number of rotatable bonds is 5. The van der Waals surface area contributed by atoms with Crippen LogP contribution in [0.25, 0.3) is 5.69 Å². The molecule has 1 amide bonds. The van der Waals surface area contributed by atoms with Gasteiger partial charge in [-0.25, -0.2) is 9.37 Å². The van der Waals surface area contributed by atoms with E-state index in [1.54, 1.807) is 18.3 Å². The SMILES string of the molecule is Cc1ccc(-n2ncc(C)n2)c(C(=O)N2C3CC(C3)[C@H](C)[C@H]2COc2ccc(F)cc2)n1. The highest BCUT2D eigenvalue weighted by Crippen LogP contribution is 2.47. The second-order valence-corrected chi connectivity index (χ2v) is 8.88. The van der Waals surface area contributed by atoms with Gasteiger partial charge in [0.15, 0.2) is 5.69 Å². The molecule has 0 N–H and O–H groups in total. The van der Waals surface area contributed by atoms with E-state index in [1.165, 1.54) is 16.9 Å². The Hall–Kier alpha value is -3.29. The highest BCUT2D eigenvalue weighted by Gasteiger charge is 2.51. The summed E-state index contributed by atoms with van der Waals surface area (Å²) >= 11 is 0. The minimum absolute atomic E-state index is 0.0902. The number of ether oxygens (including phenoxy) is 1. The first kappa shape index (κ1) is 20.6. The predicted octanol–water partition coefficient (Wildman–Crippen LogP) is 3.74. The minimum Gasteiger partial charge on any atom is -0.491 e. The van der Waals surface area contributed by atoms with E-state index in [4.69, 9.17) is 4.74 Å². The molecule has 2 aliphatic heterocycles. The average Bonchev–Trinajstić information content (AvgIpc) is 3.18. The normalized spacial score (nSPS) is 24.2. The zero-order valence-corrected chi connectivity index (χ0v) is 18.4. The number of carbonyl (C=O) groups is 1. The molecule has 2 aromatic heterocycles. The Bertz CT molecular complexity index is 1140. The van der Waals surface area contributed by atoms with Gasteiger partial charge < -0.3 is 9.64 Å². The molecule has 3 fully saturated rings. The lowest BCUT2D eigenvalue weighted by atomic mass is 9.64. The lowest BCUT2D eigenvalue weighted by Gasteiger charge is -2.57. The maximum absolute atomic E-state index is 13.9. The Morgan fingerprint density at radius 3 is 2.56 bits per heavy atom. The van der Waals surface area contributed by atoms with E-state index in [2.05, 4.69) is 22.1 Å². The zero-order valence-electron chi connectivity index (χ0n) is 18.4. The number of carbonyl (C=O) groups excluding carboxylic acids is 1. The molecule has 2 bridgehead atoms. The van der Waals surface area contributed by atoms with Crippen molar-refractivity contribution in [2.75, 3.05) is 6.61 Å². The Labute approximate surface area is 186 Å². The van der Waals surface area contributed by atoms with Gasteiger partial charge in [0, 0.05) is 11.7 Å². The number of hydrogen-bond donors (Lipinski definition) is 0. The molecule has 166 valence electrons. The second kappa shape index (κ2) is 8.00. The number of hydrogen-bond acceptors (Lipinski definition) is 5. The summed E-state index contributed by atoms with van der Waals surface area (Å²) in [6.07, 6.45) is 3.66. The van der Waals surface area contributed by atoms with Crippen LogP contribution in [0.2, 0.25) is 0 Å². The Morgan fingerprint density at radius 2 is 1.88 bits per heavy atom. The molecule has 1 aliphatic carbocycles. The highest BCUT2D eigenvalue weighted by atomic mass is 19.1. The van der Waals surface area contributed by atoms with Crippen LogP contribution in [0.1, 0.15) is 41.6 Å². The fourth-order valence-electron chi connectivity index (χ4n) is 4.83. The summed E-state index contributed by atoms with van der Waals surface area (Å²) in [6, 6.07) is 9.77. The molecule has 6 rings (SSSR count). The lowest BCUT2D eigenvalue weighted by molar-refractivity contribution is -0.0673. The number of halogens is 1. The van der Waals surface area contributed by atoms with Crippen LogP contribution < -0.4 is 4.74 Å². The maximum Gasteiger partial charge on any atom is 0.275 e.